The second-order valence-electron chi connectivity index (χ2n) is 3.89. The van der Waals surface area contributed by atoms with E-state index in [9.17, 15) is 13.2 Å². The van der Waals surface area contributed by atoms with Crippen LogP contribution in [0.1, 0.15) is 30.0 Å². The molecule has 1 fully saturated rings. The summed E-state index contributed by atoms with van der Waals surface area (Å²) in [5.74, 6) is 0. The molecule has 1 N–H and O–H groups in total. The van der Waals surface area contributed by atoms with E-state index in [1.54, 1.807) is 6.07 Å². The van der Waals surface area contributed by atoms with Crippen molar-refractivity contribution in [1.29, 1.82) is 0 Å². The molecule has 1 aromatic carbocycles. The van der Waals surface area contributed by atoms with Gasteiger partial charge in [-0.3, -0.25) is 0 Å². The van der Waals surface area contributed by atoms with E-state index in [4.69, 9.17) is 0 Å². The third kappa shape index (κ3) is 2.40. The van der Waals surface area contributed by atoms with Gasteiger partial charge in [0.1, 0.15) is 0 Å². The molecule has 88 valence electrons. The Hall–Kier alpha value is -0.550. The average Bonchev–Trinajstić information content (AvgIpc) is 2.69. The van der Waals surface area contributed by atoms with Crippen molar-refractivity contribution >= 4 is 15.9 Å². The van der Waals surface area contributed by atoms with E-state index in [0.29, 0.717) is 5.56 Å². The fraction of sp³-hybridized carbons (Fsp3) is 0.455. The van der Waals surface area contributed by atoms with Gasteiger partial charge >= 0.3 is 6.18 Å². The predicted molar refractivity (Wildman–Crippen MR) is 59.1 cm³/mol. The Balaban J connectivity index is 2.35. The van der Waals surface area contributed by atoms with E-state index >= 15 is 0 Å². The van der Waals surface area contributed by atoms with Crippen molar-refractivity contribution in [3.63, 3.8) is 0 Å². The number of benzene rings is 1. The summed E-state index contributed by atoms with van der Waals surface area (Å²) in [5.41, 5.74) is 0.117. The van der Waals surface area contributed by atoms with Crippen LogP contribution in [0.3, 0.4) is 0 Å². The Bertz CT molecular complexity index is 383. The van der Waals surface area contributed by atoms with E-state index in [2.05, 4.69) is 21.2 Å². The molecule has 1 aliphatic heterocycles. The normalized spacial score (nSPS) is 21.4. The van der Waals surface area contributed by atoms with Gasteiger partial charge in [0.05, 0.1) is 5.56 Å². The number of alkyl halides is 3. The quantitative estimate of drug-likeness (QED) is 0.828. The van der Waals surface area contributed by atoms with Gasteiger partial charge in [0.25, 0.3) is 0 Å². The Morgan fingerprint density at radius 3 is 2.62 bits per heavy atom. The number of rotatable bonds is 1. The van der Waals surface area contributed by atoms with E-state index < -0.39 is 11.7 Å². The van der Waals surface area contributed by atoms with Crippen LogP contribution in [0.15, 0.2) is 22.7 Å². The molecule has 1 aromatic rings. The molecule has 1 aliphatic rings. The maximum Gasteiger partial charge on any atom is 0.417 e. The molecular formula is C11H11BrF3N. The van der Waals surface area contributed by atoms with Crippen molar-refractivity contribution < 1.29 is 13.2 Å². The molecule has 0 aromatic heterocycles. The number of hydrogen-bond acceptors (Lipinski definition) is 1. The molecule has 1 heterocycles. The van der Waals surface area contributed by atoms with Crippen LogP contribution in [-0.2, 0) is 6.18 Å². The van der Waals surface area contributed by atoms with Crippen molar-refractivity contribution in [2.24, 2.45) is 0 Å². The Labute approximate surface area is 100 Å². The molecule has 5 heteroatoms. The van der Waals surface area contributed by atoms with Crippen LogP contribution in [-0.4, -0.2) is 6.54 Å². The molecule has 0 spiro atoms. The minimum absolute atomic E-state index is 0.0641. The van der Waals surface area contributed by atoms with Crippen LogP contribution in [0.4, 0.5) is 13.2 Å². The number of nitrogens with one attached hydrogen (secondary N) is 1. The van der Waals surface area contributed by atoms with Crippen molar-refractivity contribution in [2.75, 3.05) is 6.54 Å². The van der Waals surface area contributed by atoms with Gasteiger partial charge in [0.2, 0.25) is 0 Å². The zero-order chi connectivity index (χ0) is 11.8. The summed E-state index contributed by atoms with van der Waals surface area (Å²) in [5, 5.41) is 3.19. The number of halogens is 4. The third-order valence-corrected chi connectivity index (χ3v) is 3.45. The maximum atomic E-state index is 12.7. The zero-order valence-electron chi connectivity index (χ0n) is 8.44. The molecule has 1 nitrogen and oxygen atoms in total. The smallest absolute Gasteiger partial charge is 0.310 e. The molecular weight excluding hydrogens is 283 g/mol. The van der Waals surface area contributed by atoms with E-state index in [-0.39, 0.29) is 10.5 Å². The Kier molecular flexibility index (Phi) is 3.26. The van der Waals surface area contributed by atoms with Gasteiger partial charge in [-0.15, -0.1) is 0 Å². The Morgan fingerprint density at radius 2 is 2.06 bits per heavy atom. The van der Waals surface area contributed by atoms with Crippen molar-refractivity contribution in [2.45, 2.75) is 25.1 Å². The highest BCUT2D eigenvalue weighted by atomic mass is 79.9. The van der Waals surface area contributed by atoms with E-state index in [1.165, 1.54) is 12.1 Å². The van der Waals surface area contributed by atoms with Crippen molar-refractivity contribution in [3.8, 4) is 0 Å². The minimum Gasteiger partial charge on any atom is -0.310 e. The van der Waals surface area contributed by atoms with Gasteiger partial charge in [-0.25, -0.2) is 0 Å². The van der Waals surface area contributed by atoms with E-state index in [0.717, 1.165) is 19.4 Å². The first-order valence-corrected chi connectivity index (χ1v) is 5.88. The summed E-state index contributed by atoms with van der Waals surface area (Å²) in [6.07, 6.45) is -2.38. The fourth-order valence-electron chi connectivity index (χ4n) is 1.95. The first kappa shape index (κ1) is 11.9. The molecule has 1 saturated heterocycles. The second kappa shape index (κ2) is 4.37. The summed E-state index contributed by atoms with van der Waals surface area (Å²) in [6.45, 7) is 0.877. The molecule has 0 amide bonds. The highest BCUT2D eigenvalue weighted by Gasteiger charge is 2.33. The SMILES string of the molecule is FC(F)(F)c1cc(C2CCCN2)ccc1Br. The molecule has 0 bridgehead atoms. The summed E-state index contributed by atoms with van der Waals surface area (Å²) < 4.78 is 38.1. The molecule has 2 rings (SSSR count). The lowest BCUT2D eigenvalue weighted by Crippen LogP contribution is -2.14. The number of hydrogen-bond donors (Lipinski definition) is 1. The molecule has 0 radical (unpaired) electrons. The lowest BCUT2D eigenvalue weighted by Gasteiger charge is -2.15. The van der Waals surface area contributed by atoms with Crippen molar-refractivity contribution in [1.82, 2.24) is 5.32 Å². The summed E-state index contributed by atoms with van der Waals surface area (Å²) in [6, 6.07) is 4.50. The largest absolute Gasteiger partial charge is 0.417 e. The average molecular weight is 294 g/mol. The lowest BCUT2D eigenvalue weighted by atomic mass is 10.0. The molecule has 0 aliphatic carbocycles. The third-order valence-electron chi connectivity index (χ3n) is 2.76. The fourth-order valence-corrected chi connectivity index (χ4v) is 2.42. The second-order valence-corrected chi connectivity index (χ2v) is 4.74. The first-order chi connectivity index (χ1) is 7.48. The predicted octanol–water partition coefficient (Wildman–Crippen LogP) is 3.89. The highest BCUT2D eigenvalue weighted by molar-refractivity contribution is 9.10. The van der Waals surface area contributed by atoms with Gasteiger partial charge in [-0.2, -0.15) is 13.2 Å². The van der Waals surface area contributed by atoms with Crippen LogP contribution in [0.25, 0.3) is 0 Å². The van der Waals surface area contributed by atoms with Gasteiger partial charge < -0.3 is 5.32 Å². The lowest BCUT2D eigenvalue weighted by molar-refractivity contribution is -0.138. The van der Waals surface area contributed by atoms with Crippen LogP contribution < -0.4 is 5.32 Å². The van der Waals surface area contributed by atoms with Crippen LogP contribution >= 0.6 is 15.9 Å². The summed E-state index contributed by atoms with van der Waals surface area (Å²) >= 11 is 2.93. The standard InChI is InChI=1S/C11H11BrF3N/c12-9-4-3-7(10-2-1-5-16-10)6-8(9)11(13,14)15/h3-4,6,10,16H,1-2,5H2. The van der Waals surface area contributed by atoms with Crippen LogP contribution in [0, 0.1) is 0 Å². The maximum absolute atomic E-state index is 12.7. The minimum atomic E-state index is -4.30. The topological polar surface area (TPSA) is 12.0 Å². The molecule has 16 heavy (non-hydrogen) atoms. The zero-order valence-corrected chi connectivity index (χ0v) is 10.0. The summed E-state index contributed by atoms with van der Waals surface area (Å²) in [7, 11) is 0. The van der Waals surface area contributed by atoms with Crippen LogP contribution in [0.2, 0.25) is 0 Å². The van der Waals surface area contributed by atoms with Gasteiger partial charge in [-0.05, 0) is 37.1 Å². The Morgan fingerprint density at radius 1 is 1.31 bits per heavy atom. The highest BCUT2D eigenvalue weighted by Crippen LogP contribution is 2.37. The van der Waals surface area contributed by atoms with E-state index in [1.807, 2.05) is 0 Å². The molecule has 1 unspecified atom stereocenters. The van der Waals surface area contributed by atoms with Crippen LogP contribution in [0.5, 0.6) is 0 Å². The molecule has 0 saturated carbocycles. The molecule has 1 atom stereocenters. The van der Waals surface area contributed by atoms with Crippen molar-refractivity contribution in [3.05, 3.63) is 33.8 Å². The van der Waals surface area contributed by atoms with Gasteiger partial charge in [0.15, 0.2) is 0 Å². The summed E-state index contributed by atoms with van der Waals surface area (Å²) in [4.78, 5) is 0. The van der Waals surface area contributed by atoms with Gasteiger partial charge in [0, 0.05) is 10.5 Å². The first-order valence-electron chi connectivity index (χ1n) is 5.08. The monoisotopic (exact) mass is 293 g/mol. The van der Waals surface area contributed by atoms with Gasteiger partial charge in [-0.1, -0.05) is 22.0 Å².